The van der Waals surface area contributed by atoms with Crippen molar-refractivity contribution in [3.05, 3.63) is 65.2 Å². The van der Waals surface area contributed by atoms with E-state index in [-0.39, 0.29) is 24.7 Å². The lowest BCUT2D eigenvalue weighted by atomic mass is 10.0. The lowest BCUT2D eigenvalue weighted by Gasteiger charge is -2.41. The minimum Gasteiger partial charge on any atom is -0.483 e. The molecule has 0 unspecified atom stereocenters. The van der Waals surface area contributed by atoms with Gasteiger partial charge in [-0.05, 0) is 17.7 Å². The average Bonchev–Trinajstić information content (AvgIpc) is 3.48. The molecule has 2 aromatic heterocycles. The first-order chi connectivity index (χ1) is 18.1. The molecule has 4 heterocycles. The summed E-state index contributed by atoms with van der Waals surface area (Å²) in [5, 5.41) is 9.40. The first kappa shape index (κ1) is 25.2. The molecule has 0 spiro atoms. The van der Waals surface area contributed by atoms with Crippen LogP contribution >= 0.6 is 0 Å². The summed E-state index contributed by atoms with van der Waals surface area (Å²) >= 11 is 0. The fourth-order valence-electron chi connectivity index (χ4n) is 4.41. The topological polar surface area (TPSA) is 96.2 Å². The molecule has 1 atom stereocenters. The lowest BCUT2D eigenvalue weighted by molar-refractivity contribution is 0.0256. The zero-order valence-electron chi connectivity index (χ0n) is 20.8. The molecule has 1 fully saturated rings. The van der Waals surface area contributed by atoms with Crippen LogP contribution in [-0.2, 0) is 7.05 Å². The van der Waals surface area contributed by atoms with E-state index in [4.69, 9.17) is 4.74 Å². The van der Waals surface area contributed by atoms with Crippen LogP contribution in [0, 0.1) is 17.5 Å². The van der Waals surface area contributed by atoms with Crippen LogP contribution < -0.4 is 4.74 Å². The third kappa shape index (κ3) is 4.66. The van der Waals surface area contributed by atoms with Gasteiger partial charge in [0, 0.05) is 45.9 Å². The molecule has 3 aromatic rings. The van der Waals surface area contributed by atoms with Gasteiger partial charge in [-0.25, -0.2) is 23.0 Å². The molecular formula is C25H24F3N7O3. The Kier molecular flexibility index (Phi) is 6.51. The van der Waals surface area contributed by atoms with E-state index in [1.165, 1.54) is 50.1 Å². The number of halogens is 3. The van der Waals surface area contributed by atoms with Crippen LogP contribution in [0.15, 0.2) is 41.8 Å². The summed E-state index contributed by atoms with van der Waals surface area (Å²) in [6.07, 6.45) is 3.76. The van der Waals surface area contributed by atoms with Crippen LogP contribution in [0.1, 0.15) is 28.4 Å². The molecular weight excluding hydrogens is 503 g/mol. The number of aromatic nitrogens is 3. The fourth-order valence-corrected chi connectivity index (χ4v) is 4.41. The van der Waals surface area contributed by atoms with Gasteiger partial charge in [0.1, 0.15) is 17.7 Å². The number of pyridine rings is 1. The number of urea groups is 1. The van der Waals surface area contributed by atoms with Gasteiger partial charge in [0.15, 0.2) is 11.6 Å². The Hall–Kier alpha value is -4.42. The molecule has 0 saturated carbocycles. The monoisotopic (exact) mass is 527 g/mol. The lowest BCUT2D eigenvalue weighted by Crippen LogP contribution is -2.58. The molecule has 10 nitrogen and oxygen atoms in total. The van der Waals surface area contributed by atoms with E-state index in [9.17, 15) is 22.8 Å². The van der Waals surface area contributed by atoms with E-state index in [2.05, 4.69) is 15.2 Å². The molecule has 1 saturated heterocycles. The van der Waals surface area contributed by atoms with Crippen molar-refractivity contribution >= 4 is 18.2 Å². The van der Waals surface area contributed by atoms with Crippen LogP contribution in [0.4, 0.5) is 18.0 Å². The molecule has 0 bridgehead atoms. The van der Waals surface area contributed by atoms with Crippen LogP contribution in [0.3, 0.4) is 0 Å². The van der Waals surface area contributed by atoms with Crippen molar-refractivity contribution in [3.8, 4) is 17.1 Å². The Labute approximate surface area is 215 Å². The third-order valence-electron chi connectivity index (χ3n) is 6.35. The molecule has 0 N–H and O–H groups in total. The summed E-state index contributed by atoms with van der Waals surface area (Å²) in [6.45, 7) is 0.310. The standard InChI is InChI=1S/C25H24F3N7O3/c1-32(2)24(36)18-10-31-33(3)23(18)20-9-22(19(28)11-29-20)38-17-12-34(13-17)25(37)35-21(4-5-30-35)14-6-15(26)8-16(27)7-14/h5-11,17,21H,4,12-13H2,1-3H3/t21-/m0/s1. The Bertz CT molecular complexity index is 1420. The number of rotatable bonds is 5. The van der Waals surface area contributed by atoms with Gasteiger partial charge in [-0.1, -0.05) is 0 Å². The number of amides is 3. The van der Waals surface area contributed by atoms with Gasteiger partial charge >= 0.3 is 6.03 Å². The smallest absolute Gasteiger partial charge is 0.341 e. The van der Waals surface area contributed by atoms with Crippen molar-refractivity contribution in [2.75, 3.05) is 27.2 Å². The van der Waals surface area contributed by atoms with Crippen molar-refractivity contribution in [2.24, 2.45) is 12.1 Å². The van der Waals surface area contributed by atoms with Crippen LogP contribution in [0.2, 0.25) is 0 Å². The number of hydrogen-bond acceptors (Lipinski definition) is 6. The Balaban J connectivity index is 1.27. The van der Waals surface area contributed by atoms with Crippen molar-refractivity contribution in [1.29, 1.82) is 0 Å². The molecule has 38 heavy (non-hydrogen) atoms. The molecule has 3 amide bonds. The summed E-state index contributed by atoms with van der Waals surface area (Å²) in [6, 6.07) is 3.42. The SMILES string of the molecule is CN(C)C(=O)c1cnn(C)c1-c1cc(OC2CN(C(=O)N3N=CC[C@H]3c3cc(F)cc(F)c3)C2)c(F)cn1. The van der Waals surface area contributed by atoms with E-state index in [0.717, 1.165) is 12.3 Å². The van der Waals surface area contributed by atoms with E-state index < -0.39 is 35.6 Å². The number of carbonyl (C=O) groups is 2. The van der Waals surface area contributed by atoms with Gasteiger partial charge in [-0.15, -0.1) is 0 Å². The molecule has 2 aliphatic rings. The van der Waals surface area contributed by atoms with Gasteiger partial charge in [0.05, 0.1) is 48.5 Å². The minimum absolute atomic E-state index is 0.0798. The Morgan fingerprint density at radius 3 is 2.45 bits per heavy atom. The molecule has 1 aromatic carbocycles. The maximum atomic E-state index is 14.6. The van der Waals surface area contributed by atoms with Gasteiger partial charge in [-0.2, -0.15) is 10.2 Å². The molecule has 0 aliphatic carbocycles. The van der Waals surface area contributed by atoms with E-state index in [1.807, 2.05) is 0 Å². The van der Waals surface area contributed by atoms with E-state index in [1.54, 1.807) is 21.1 Å². The minimum atomic E-state index is -0.736. The largest absolute Gasteiger partial charge is 0.483 e. The summed E-state index contributed by atoms with van der Waals surface area (Å²) in [4.78, 5) is 32.5. The van der Waals surface area contributed by atoms with Crippen molar-refractivity contribution in [3.63, 3.8) is 0 Å². The predicted molar refractivity (Wildman–Crippen MR) is 130 cm³/mol. The maximum absolute atomic E-state index is 14.6. The van der Waals surface area contributed by atoms with Gasteiger partial charge in [0.2, 0.25) is 0 Å². The highest BCUT2D eigenvalue weighted by atomic mass is 19.1. The fraction of sp³-hybridized carbons (Fsp3) is 0.320. The quantitative estimate of drug-likeness (QED) is 0.508. The Morgan fingerprint density at radius 1 is 1.05 bits per heavy atom. The summed E-state index contributed by atoms with van der Waals surface area (Å²) < 4.78 is 49.3. The number of nitrogens with zero attached hydrogens (tertiary/aromatic N) is 7. The number of aryl methyl sites for hydroxylation is 1. The second-order valence-corrected chi connectivity index (χ2v) is 9.25. The highest BCUT2D eigenvalue weighted by Crippen LogP contribution is 2.33. The number of carbonyl (C=O) groups excluding carboxylic acids is 2. The van der Waals surface area contributed by atoms with Crippen LogP contribution in [-0.4, -0.2) is 81.0 Å². The summed E-state index contributed by atoms with van der Waals surface area (Å²) in [5.74, 6) is -2.53. The highest BCUT2D eigenvalue weighted by molar-refractivity contribution is 5.99. The zero-order chi connectivity index (χ0) is 27.1. The van der Waals surface area contributed by atoms with E-state index >= 15 is 0 Å². The number of hydrogen-bond donors (Lipinski definition) is 0. The van der Waals surface area contributed by atoms with Crippen molar-refractivity contribution in [2.45, 2.75) is 18.6 Å². The second-order valence-electron chi connectivity index (χ2n) is 9.25. The first-order valence-corrected chi connectivity index (χ1v) is 11.7. The highest BCUT2D eigenvalue weighted by Gasteiger charge is 2.39. The summed E-state index contributed by atoms with van der Waals surface area (Å²) in [5.41, 5.74) is 1.32. The van der Waals surface area contributed by atoms with Gasteiger partial charge in [-0.3, -0.25) is 14.5 Å². The molecule has 13 heteroatoms. The first-order valence-electron chi connectivity index (χ1n) is 11.7. The molecule has 2 aliphatic heterocycles. The number of likely N-dealkylation sites (tertiary alicyclic amines) is 1. The number of ether oxygens (including phenoxy) is 1. The van der Waals surface area contributed by atoms with Gasteiger partial charge < -0.3 is 14.5 Å². The molecule has 5 rings (SSSR count). The molecule has 198 valence electrons. The second kappa shape index (κ2) is 9.80. The zero-order valence-corrected chi connectivity index (χ0v) is 20.8. The Morgan fingerprint density at radius 2 is 1.76 bits per heavy atom. The van der Waals surface area contributed by atoms with Crippen molar-refractivity contribution < 1.29 is 27.5 Å². The summed E-state index contributed by atoms with van der Waals surface area (Å²) in [7, 11) is 4.87. The molecule has 0 radical (unpaired) electrons. The van der Waals surface area contributed by atoms with Crippen LogP contribution in [0.5, 0.6) is 5.75 Å². The number of hydrazone groups is 1. The van der Waals surface area contributed by atoms with Crippen LogP contribution in [0.25, 0.3) is 11.4 Å². The van der Waals surface area contributed by atoms with E-state index in [0.29, 0.717) is 28.9 Å². The van der Waals surface area contributed by atoms with Gasteiger partial charge in [0.25, 0.3) is 5.91 Å². The van der Waals surface area contributed by atoms with Crippen molar-refractivity contribution in [1.82, 2.24) is 29.6 Å². The third-order valence-corrected chi connectivity index (χ3v) is 6.35. The number of benzene rings is 1. The maximum Gasteiger partial charge on any atom is 0.341 e. The predicted octanol–water partition coefficient (Wildman–Crippen LogP) is 3.22. The average molecular weight is 528 g/mol. The normalized spacial score (nSPS) is 17.1.